The Morgan fingerprint density at radius 2 is 2.26 bits per heavy atom. The predicted octanol–water partition coefficient (Wildman–Crippen LogP) is -1.62. The quantitative estimate of drug-likeness (QED) is 0.413. The molecule has 0 radical (unpaired) electrons. The minimum absolute atomic E-state index is 0.108. The van der Waals surface area contributed by atoms with E-state index in [0.717, 1.165) is 0 Å². The van der Waals surface area contributed by atoms with Crippen LogP contribution in [0.3, 0.4) is 0 Å². The van der Waals surface area contributed by atoms with Crippen molar-refractivity contribution in [1.29, 1.82) is 0 Å². The minimum Gasteiger partial charge on any atom is -0.394 e. The third-order valence-corrected chi connectivity index (χ3v) is 3.83. The van der Waals surface area contributed by atoms with E-state index in [9.17, 15) is 15.3 Å². The maximum absolute atomic E-state index is 10.5. The Kier molecular flexibility index (Phi) is 3.82. The first-order valence-electron chi connectivity index (χ1n) is 6.86. The SMILES string of the molecule is CONc1nc(N)c2ncn([C@@H]3O[C@H](CO)[C@@H](O)[C@@]3(C)O)c2n1. The Balaban J connectivity index is 2.09. The summed E-state index contributed by atoms with van der Waals surface area (Å²) in [6.45, 7) is 0.969. The van der Waals surface area contributed by atoms with Crippen molar-refractivity contribution in [2.75, 3.05) is 24.9 Å². The number of fused-ring (bicyclic) bond motifs is 1. The number of rotatable bonds is 4. The second-order valence-corrected chi connectivity index (χ2v) is 5.44. The highest BCUT2D eigenvalue weighted by molar-refractivity contribution is 5.82. The largest absolute Gasteiger partial charge is 0.394 e. The molecule has 0 aliphatic carbocycles. The highest BCUT2D eigenvalue weighted by atomic mass is 16.6. The lowest BCUT2D eigenvalue weighted by molar-refractivity contribution is -0.0950. The lowest BCUT2D eigenvalue weighted by Crippen LogP contribution is -2.44. The lowest BCUT2D eigenvalue weighted by Gasteiger charge is -2.27. The first-order valence-corrected chi connectivity index (χ1v) is 6.86. The number of aromatic nitrogens is 4. The summed E-state index contributed by atoms with van der Waals surface area (Å²) >= 11 is 0. The van der Waals surface area contributed by atoms with E-state index in [-0.39, 0.29) is 17.4 Å². The fourth-order valence-corrected chi connectivity index (χ4v) is 2.64. The van der Waals surface area contributed by atoms with Gasteiger partial charge in [0, 0.05) is 0 Å². The molecular weight excluding hydrogens is 308 g/mol. The number of anilines is 2. The van der Waals surface area contributed by atoms with Crippen molar-refractivity contribution in [2.24, 2.45) is 0 Å². The van der Waals surface area contributed by atoms with Crippen LogP contribution in [0.1, 0.15) is 13.2 Å². The van der Waals surface area contributed by atoms with Gasteiger partial charge in [0.05, 0.1) is 20.0 Å². The third-order valence-electron chi connectivity index (χ3n) is 3.83. The van der Waals surface area contributed by atoms with E-state index < -0.39 is 30.6 Å². The number of aliphatic hydroxyl groups is 3. The normalized spacial score (nSPS) is 30.9. The summed E-state index contributed by atoms with van der Waals surface area (Å²) < 4.78 is 6.97. The number of hydrogen-bond acceptors (Lipinski definition) is 10. The van der Waals surface area contributed by atoms with Gasteiger partial charge in [-0.1, -0.05) is 0 Å². The fraction of sp³-hybridized carbons (Fsp3) is 0.583. The average molecular weight is 326 g/mol. The molecule has 1 aliphatic heterocycles. The summed E-state index contributed by atoms with van der Waals surface area (Å²) in [5, 5.41) is 29.9. The first-order chi connectivity index (χ1) is 10.9. The van der Waals surface area contributed by atoms with Gasteiger partial charge in [-0.2, -0.15) is 9.97 Å². The van der Waals surface area contributed by atoms with Gasteiger partial charge in [0.15, 0.2) is 17.7 Å². The van der Waals surface area contributed by atoms with Gasteiger partial charge in [-0.25, -0.2) is 10.5 Å². The molecule has 0 unspecified atom stereocenters. The molecule has 4 atom stereocenters. The van der Waals surface area contributed by atoms with Crippen molar-refractivity contribution in [3.63, 3.8) is 0 Å². The van der Waals surface area contributed by atoms with Crippen LogP contribution in [0, 0.1) is 0 Å². The molecule has 126 valence electrons. The van der Waals surface area contributed by atoms with Gasteiger partial charge in [-0.15, -0.1) is 0 Å². The Bertz CT molecular complexity index is 719. The molecule has 0 saturated carbocycles. The number of nitrogen functional groups attached to an aromatic ring is 1. The van der Waals surface area contributed by atoms with Gasteiger partial charge < -0.3 is 25.8 Å². The topological polar surface area (TPSA) is 161 Å². The van der Waals surface area contributed by atoms with E-state index in [1.807, 2.05) is 0 Å². The summed E-state index contributed by atoms with van der Waals surface area (Å²) in [6.07, 6.45) is -1.84. The van der Waals surface area contributed by atoms with Crippen molar-refractivity contribution >= 4 is 22.9 Å². The van der Waals surface area contributed by atoms with E-state index >= 15 is 0 Å². The first kappa shape index (κ1) is 15.8. The maximum Gasteiger partial charge on any atom is 0.251 e. The zero-order chi connectivity index (χ0) is 16.8. The van der Waals surface area contributed by atoms with Gasteiger partial charge in [-0.05, 0) is 6.92 Å². The molecule has 23 heavy (non-hydrogen) atoms. The van der Waals surface area contributed by atoms with Gasteiger partial charge in [0.2, 0.25) is 0 Å². The molecule has 1 fully saturated rings. The van der Waals surface area contributed by atoms with Gasteiger partial charge >= 0.3 is 0 Å². The Morgan fingerprint density at radius 1 is 1.52 bits per heavy atom. The van der Waals surface area contributed by atoms with E-state index in [1.165, 1.54) is 24.9 Å². The molecule has 3 rings (SSSR count). The van der Waals surface area contributed by atoms with E-state index in [1.54, 1.807) is 0 Å². The second kappa shape index (κ2) is 5.54. The summed E-state index contributed by atoms with van der Waals surface area (Å²) in [5.74, 6) is 0.223. The molecule has 0 bridgehead atoms. The highest BCUT2D eigenvalue weighted by Crippen LogP contribution is 2.39. The van der Waals surface area contributed by atoms with Crippen LogP contribution in [0.25, 0.3) is 11.2 Å². The molecule has 0 spiro atoms. The van der Waals surface area contributed by atoms with Crippen molar-refractivity contribution in [1.82, 2.24) is 19.5 Å². The smallest absolute Gasteiger partial charge is 0.251 e. The standard InChI is InChI=1S/C12H18N6O5/c1-12(21)7(20)5(3-19)23-10(12)18-4-14-6-8(13)15-11(17-22-2)16-9(6)18/h4-5,7,10,19-21H,3H2,1-2H3,(H3,13,15,16,17)/t5-,7-,10-,12-/m1/s1. The Hall–Kier alpha value is -2.05. The highest BCUT2D eigenvalue weighted by Gasteiger charge is 2.53. The average Bonchev–Trinajstić information content (AvgIpc) is 3.00. The van der Waals surface area contributed by atoms with Crippen LogP contribution in [0.2, 0.25) is 0 Å². The predicted molar refractivity (Wildman–Crippen MR) is 78.0 cm³/mol. The monoisotopic (exact) mass is 326 g/mol. The van der Waals surface area contributed by atoms with Gasteiger partial charge in [0.1, 0.15) is 23.3 Å². The molecule has 1 saturated heterocycles. The molecule has 6 N–H and O–H groups in total. The van der Waals surface area contributed by atoms with Crippen LogP contribution in [-0.4, -0.2) is 66.4 Å². The second-order valence-electron chi connectivity index (χ2n) is 5.44. The Labute approximate surface area is 130 Å². The maximum atomic E-state index is 10.5. The number of nitrogens with two attached hydrogens (primary N) is 1. The molecule has 0 amide bonds. The summed E-state index contributed by atoms with van der Waals surface area (Å²) in [4.78, 5) is 17.1. The van der Waals surface area contributed by atoms with Gasteiger partial charge in [-0.3, -0.25) is 9.40 Å². The molecule has 2 aromatic heterocycles. The summed E-state index contributed by atoms with van der Waals surface area (Å²) in [5.41, 5.74) is 7.24. The molecule has 11 heteroatoms. The van der Waals surface area contributed by atoms with Crippen LogP contribution < -0.4 is 11.2 Å². The zero-order valence-electron chi connectivity index (χ0n) is 12.5. The number of hydrogen-bond donors (Lipinski definition) is 5. The molecule has 0 aromatic carbocycles. The lowest BCUT2D eigenvalue weighted by atomic mass is 9.96. The van der Waals surface area contributed by atoms with E-state index in [4.69, 9.17) is 15.3 Å². The summed E-state index contributed by atoms with van der Waals surface area (Å²) in [7, 11) is 1.40. The van der Waals surface area contributed by atoms with Crippen molar-refractivity contribution in [3.8, 4) is 0 Å². The van der Waals surface area contributed by atoms with Crippen molar-refractivity contribution in [2.45, 2.75) is 31.0 Å². The summed E-state index contributed by atoms with van der Waals surface area (Å²) in [6, 6.07) is 0. The van der Waals surface area contributed by atoms with Crippen LogP contribution >= 0.6 is 0 Å². The van der Waals surface area contributed by atoms with E-state index in [2.05, 4.69) is 20.4 Å². The van der Waals surface area contributed by atoms with Crippen LogP contribution in [-0.2, 0) is 9.57 Å². The van der Waals surface area contributed by atoms with E-state index in [0.29, 0.717) is 5.52 Å². The van der Waals surface area contributed by atoms with Crippen molar-refractivity contribution < 1.29 is 24.9 Å². The van der Waals surface area contributed by atoms with Crippen molar-refractivity contribution in [3.05, 3.63) is 6.33 Å². The Morgan fingerprint density at radius 3 is 2.87 bits per heavy atom. The number of ether oxygens (including phenoxy) is 1. The molecular formula is C12H18N6O5. The zero-order valence-corrected chi connectivity index (χ0v) is 12.5. The number of nitrogens with one attached hydrogen (secondary N) is 1. The number of nitrogens with zero attached hydrogens (tertiary/aromatic N) is 4. The minimum atomic E-state index is -1.66. The van der Waals surface area contributed by atoms with Gasteiger partial charge in [0.25, 0.3) is 5.95 Å². The molecule has 11 nitrogen and oxygen atoms in total. The number of imidazole rings is 1. The molecule has 1 aliphatic rings. The van der Waals surface area contributed by atoms with Crippen LogP contribution in [0.15, 0.2) is 6.33 Å². The number of aliphatic hydroxyl groups excluding tert-OH is 2. The molecule has 3 heterocycles. The fourth-order valence-electron chi connectivity index (χ4n) is 2.64. The van der Waals surface area contributed by atoms with Crippen LogP contribution in [0.4, 0.5) is 11.8 Å². The third kappa shape index (κ3) is 2.38. The molecule has 2 aromatic rings. The van der Waals surface area contributed by atoms with Crippen LogP contribution in [0.5, 0.6) is 0 Å².